The second kappa shape index (κ2) is 15.0. The standard InChI is InChI=1S/C20H38N4O6S/c1-6-11(3)15(19(28)24-16(20(29)30)12(4)7-2)23-18(27)14(8-9-31-5)22-17(26)13(21)10-25/h11-16,25H,6-10,21H2,1-5H3,(H,22,26)(H,23,27)(H,24,28)(H,29,30). The van der Waals surface area contributed by atoms with Crippen molar-refractivity contribution in [2.75, 3.05) is 18.6 Å². The van der Waals surface area contributed by atoms with E-state index in [0.29, 0.717) is 25.0 Å². The van der Waals surface area contributed by atoms with Gasteiger partial charge in [0.15, 0.2) is 0 Å². The molecule has 180 valence electrons. The highest BCUT2D eigenvalue weighted by molar-refractivity contribution is 7.98. The summed E-state index contributed by atoms with van der Waals surface area (Å²) in [5.41, 5.74) is 5.52. The quantitative estimate of drug-likeness (QED) is 0.192. The van der Waals surface area contributed by atoms with Crippen molar-refractivity contribution < 1.29 is 29.4 Å². The number of amides is 3. The van der Waals surface area contributed by atoms with Crippen molar-refractivity contribution in [2.45, 2.75) is 71.1 Å². The van der Waals surface area contributed by atoms with Gasteiger partial charge in [0, 0.05) is 0 Å². The predicted octanol–water partition coefficient (Wildman–Crippen LogP) is -0.310. The third kappa shape index (κ3) is 9.88. The van der Waals surface area contributed by atoms with Crippen LogP contribution in [0.5, 0.6) is 0 Å². The predicted molar refractivity (Wildman–Crippen MR) is 120 cm³/mol. The number of hydrogen-bond donors (Lipinski definition) is 6. The van der Waals surface area contributed by atoms with Crippen molar-refractivity contribution in [3.63, 3.8) is 0 Å². The first kappa shape index (κ1) is 29.1. The molecular weight excluding hydrogens is 424 g/mol. The largest absolute Gasteiger partial charge is 0.480 e. The van der Waals surface area contributed by atoms with Crippen LogP contribution in [0.15, 0.2) is 0 Å². The van der Waals surface area contributed by atoms with E-state index in [0.717, 1.165) is 0 Å². The van der Waals surface area contributed by atoms with Crippen LogP contribution in [-0.2, 0) is 19.2 Å². The van der Waals surface area contributed by atoms with E-state index in [-0.39, 0.29) is 11.8 Å². The summed E-state index contributed by atoms with van der Waals surface area (Å²) in [6, 6.07) is -4.15. The summed E-state index contributed by atoms with van der Waals surface area (Å²) in [6.45, 7) is 6.63. The Morgan fingerprint density at radius 3 is 1.87 bits per heavy atom. The number of carboxylic acid groups (broad SMARTS) is 1. The summed E-state index contributed by atoms with van der Waals surface area (Å²) >= 11 is 1.49. The van der Waals surface area contributed by atoms with Gasteiger partial charge >= 0.3 is 5.97 Å². The van der Waals surface area contributed by atoms with Gasteiger partial charge in [-0.2, -0.15) is 11.8 Å². The zero-order chi connectivity index (χ0) is 24.1. The molecule has 0 aromatic rings. The number of carbonyl (C=O) groups excluding carboxylic acids is 3. The summed E-state index contributed by atoms with van der Waals surface area (Å²) < 4.78 is 0. The first-order valence-electron chi connectivity index (χ1n) is 10.5. The van der Waals surface area contributed by atoms with Crippen LogP contribution in [0.4, 0.5) is 0 Å². The normalized spacial score (nSPS) is 16.9. The van der Waals surface area contributed by atoms with Gasteiger partial charge in [-0.15, -0.1) is 0 Å². The molecule has 0 aromatic heterocycles. The highest BCUT2D eigenvalue weighted by Crippen LogP contribution is 2.13. The van der Waals surface area contributed by atoms with Crippen LogP contribution in [0.25, 0.3) is 0 Å². The van der Waals surface area contributed by atoms with Gasteiger partial charge in [0.25, 0.3) is 0 Å². The third-order valence-electron chi connectivity index (χ3n) is 5.35. The number of rotatable bonds is 15. The second-order valence-electron chi connectivity index (χ2n) is 7.71. The maximum atomic E-state index is 12.9. The van der Waals surface area contributed by atoms with Gasteiger partial charge in [-0.05, 0) is 30.3 Å². The SMILES string of the molecule is CCC(C)C(NC(=O)C(NC(=O)C(CCSC)NC(=O)C(N)CO)C(C)CC)C(=O)O. The number of aliphatic carboxylic acids is 1. The first-order valence-corrected chi connectivity index (χ1v) is 11.9. The fourth-order valence-corrected chi connectivity index (χ4v) is 3.22. The average molecular weight is 463 g/mol. The van der Waals surface area contributed by atoms with Gasteiger partial charge in [-0.25, -0.2) is 4.79 Å². The molecule has 0 fully saturated rings. The van der Waals surface area contributed by atoms with Gasteiger partial charge < -0.3 is 31.9 Å². The summed E-state index contributed by atoms with van der Waals surface area (Å²) in [5, 5.41) is 26.2. The fourth-order valence-electron chi connectivity index (χ4n) is 2.75. The Morgan fingerprint density at radius 2 is 1.42 bits per heavy atom. The van der Waals surface area contributed by atoms with E-state index >= 15 is 0 Å². The topological polar surface area (TPSA) is 171 Å². The molecular formula is C20H38N4O6S. The van der Waals surface area contributed by atoms with Gasteiger partial charge in [0.05, 0.1) is 6.61 Å². The molecule has 0 rings (SSSR count). The summed E-state index contributed by atoms with van der Waals surface area (Å²) in [6.07, 6.45) is 3.28. The third-order valence-corrected chi connectivity index (χ3v) is 5.99. The number of nitrogens with two attached hydrogens (primary N) is 1. The minimum atomic E-state index is -1.16. The van der Waals surface area contributed by atoms with E-state index in [1.54, 1.807) is 13.8 Å². The van der Waals surface area contributed by atoms with Gasteiger partial charge in [-0.1, -0.05) is 40.5 Å². The highest BCUT2D eigenvalue weighted by Gasteiger charge is 2.33. The number of hydrogen-bond acceptors (Lipinski definition) is 7. The zero-order valence-electron chi connectivity index (χ0n) is 19.0. The molecule has 10 nitrogen and oxygen atoms in total. The minimum Gasteiger partial charge on any atom is -0.480 e. The molecule has 0 aliphatic rings. The zero-order valence-corrected chi connectivity index (χ0v) is 19.8. The Bertz CT molecular complexity index is 606. The van der Waals surface area contributed by atoms with E-state index in [2.05, 4.69) is 16.0 Å². The molecule has 0 aromatic carbocycles. The van der Waals surface area contributed by atoms with Crippen LogP contribution in [0.1, 0.15) is 47.0 Å². The maximum absolute atomic E-state index is 12.9. The van der Waals surface area contributed by atoms with Crippen molar-refractivity contribution in [3.05, 3.63) is 0 Å². The molecule has 6 atom stereocenters. The van der Waals surface area contributed by atoms with Crippen molar-refractivity contribution in [2.24, 2.45) is 17.6 Å². The fraction of sp³-hybridized carbons (Fsp3) is 0.800. The van der Waals surface area contributed by atoms with Crippen LogP contribution in [0.3, 0.4) is 0 Å². The van der Waals surface area contributed by atoms with Gasteiger partial charge in [-0.3, -0.25) is 14.4 Å². The molecule has 0 aliphatic heterocycles. The minimum absolute atomic E-state index is 0.271. The molecule has 0 spiro atoms. The molecule has 3 amide bonds. The number of aliphatic hydroxyl groups is 1. The van der Waals surface area contributed by atoms with Gasteiger partial charge in [0.2, 0.25) is 17.7 Å². The lowest BCUT2D eigenvalue weighted by Gasteiger charge is -2.29. The number of nitrogens with one attached hydrogen (secondary N) is 3. The van der Waals surface area contributed by atoms with Crippen molar-refractivity contribution in [1.29, 1.82) is 0 Å². The molecule has 0 heterocycles. The Morgan fingerprint density at radius 1 is 0.903 bits per heavy atom. The Labute approximate surface area is 188 Å². The van der Waals surface area contributed by atoms with Crippen molar-refractivity contribution in [1.82, 2.24) is 16.0 Å². The summed E-state index contributed by atoms with van der Waals surface area (Å²) in [7, 11) is 0. The molecule has 0 aliphatic carbocycles. The number of carbonyl (C=O) groups is 4. The number of aliphatic hydroxyl groups excluding tert-OH is 1. The molecule has 0 saturated heterocycles. The molecule has 0 saturated carbocycles. The van der Waals surface area contributed by atoms with E-state index < -0.39 is 54.5 Å². The van der Waals surface area contributed by atoms with Crippen LogP contribution >= 0.6 is 11.8 Å². The molecule has 0 bridgehead atoms. The van der Waals surface area contributed by atoms with Crippen LogP contribution in [-0.4, -0.2) is 76.7 Å². The Hall–Kier alpha value is -1.85. The van der Waals surface area contributed by atoms with E-state index in [9.17, 15) is 24.3 Å². The maximum Gasteiger partial charge on any atom is 0.326 e. The molecule has 6 unspecified atom stereocenters. The van der Waals surface area contributed by atoms with Crippen LogP contribution < -0.4 is 21.7 Å². The Balaban J connectivity index is 5.52. The number of thioether (sulfide) groups is 1. The Kier molecular flexibility index (Phi) is 14.1. The second-order valence-corrected chi connectivity index (χ2v) is 8.70. The average Bonchev–Trinajstić information content (AvgIpc) is 2.75. The van der Waals surface area contributed by atoms with E-state index in [1.165, 1.54) is 11.8 Å². The highest BCUT2D eigenvalue weighted by atomic mass is 32.2. The van der Waals surface area contributed by atoms with E-state index in [1.807, 2.05) is 20.1 Å². The summed E-state index contributed by atoms with van der Waals surface area (Å²) in [4.78, 5) is 49.4. The van der Waals surface area contributed by atoms with Crippen molar-refractivity contribution in [3.8, 4) is 0 Å². The van der Waals surface area contributed by atoms with Crippen LogP contribution in [0.2, 0.25) is 0 Å². The van der Waals surface area contributed by atoms with Crippen molar-refractivity contribution >= 4 is 35.5 Å². The number of carboxylic acids is 1. The lowest BCUT2D eigenvalue weighted by atomic mass is 9.95. The smallest absolute Gasteiger partial charge is 0.326 e. The molecule has 11 heteroatoms. The lowest BCUT2D eigenvalue weighted by Crippen LogP contribution is -2.59. The summed E-state index contributed by atoms with van der Waals surface area (Å²) in [5.74, 6) is -2.95. The van der Waals surface area contributed by atoms with E-state index in [4.69, 9.17) is 10.8 Å². The molecule has 0 radical (unpaired) electrons. The first-order chi connectivity index (χ1) is 14.5. The molecule has 7 N–H and O–H groups in total. The lowest BCUT2D eigenvalue weighted by molar-refractivity contribution is -0.144. The van der Waals surface area contributed by atoms with Gasteiger partial charge in [0.1, 0.15) is 24.2 Å². The monoisotopic (exact) mass is 462 g/mol. The molecule has 31 heavy (non-hydrogen) atoms. The van der Waals surface area contributed by atoms with Crippen LogP contribution in [0, 0.1) is 11.8 Å².